The Morgan fingerprint density at radius 2 is 1.82 bits per heavy atom. The van der Waals surface area contributed by atoms with Gasteiger partial charge >= 0.3 is 0 Å². The van der Waals surface area contributed by atoms with Crippen LogP contribution in [0.25, 0.3) is 5.57 Å². The number of amides is 2. The van der Waals surface area contributed by atoms with E-state index in [2.05, 4.69) is 15.9 Å². The molecule has 0 atom stereocenters. The Hall–Kier alpha value is -1.18. The van der Waals surface area contributed by atoms with Gasteiger partial charge in [-0.2, -0.15) is 0 Å². The summed E-state index contributed by atoms with van der Waals surface area (Å²) in [5.74, 6) is -0.308. The van der Waals surface area contributed by atoms with Crippen LogP contribution in [0.3, 0.4) is 0 Å². The third-order valence-electron chi connectivity index (χ3n) is 3.69. The highest BCUT2D eigenvalue weighted by Gasteiger charge is 2.41. The van der Waals surface area contributed by atoms with Crippen LogP contribution >= 0.6 is 39.9 Å². The van der Waals surface area contributed by atoms with E-state index in [4.69, 9.17) is 12.2 Å². The fourth-order valence-corrected chi connectivity index (χ4v) is 4.48. The summed E-state index contributed by atoms with van der Waals surface area (Å²) in [6.07, 6.45) is 0. The molecule has 1 saturated heterocycles. The smallest absolute Gasteiger partial charge is 0.266 e. The SMILES string of the molecule is CCN1C(=O)/C(=C2/C(=O)N(CC)c3ccc(Br)cc32)SC1=S. The number of halogens is 1. The topological polar surface area (TPSA) is 40.6 Å². The highest BCUT2D eigenvalue weighted by Crippen LogP contribution is 2.45. The third kappa shape index (κ3) is 2.23. The van der Waals surface area contributed by atoms with Gasteiger partial charge < -0.3 is 4.90 Å². The molecule has 0 aliphatic carbocycles. The normalized spacial score (nSPS) is 21.1. The average molecular weight is 397 g/mol. The molecule has 0 bridgehead atoms. The average Bonchev–Trinajstić information content (AvgIpc) is 2.91. The lowest BCUT2D eigenvalue weighted by atomic mass is 10.1. The van der Waals surface area contributed by atoms with Gasteiger partial charge in [0.2, 0.25) is 0 Å². The number of rotatable bonds is 2. The lowest BCUT2D eigenvalue weighted by Crippen LogP contribution is -2.29. The molecule has 7 heteroatoms. The Morgan fingerprint density at radius 1 is 1.14 bits per heavy atom. The summed E-state index contributed by atoms with van der Waals surface area (Å²) < 4.78 is 1.38. The van der Waals surface area contributed by atoms with E-state index in [-0.39, 0.29) is 11.8 Å². The number of nitrogens with zero attached hydrogens (tertiary/aromatic N) is 2. The van der Waals surface area contributed by atoms with E-state index in [0.717, 1.165) is 15.7 Å². The molecule has 0 spiro atoms. The number of hydrogen-bond acceptors (Lipinski definition) is 4. The molecule has 4 nitrogen and oxygen atoms in total. The maximum atomic E-state index is 12.8. The van der Waals surface area contributed by atoms with Gasteiger partial charge in [-0.25, -0.2) is 0 Å². The molecule has 1 aromatic rings. The Bertz CT molecular complexity index is 745. The van der Waals surface area contributed by atoms with Crippen molar-refractivity contribution in [2.75, 3.05) is 18.0 Å². The molecule has 114 valence electrons. The van der Waals surface area contributed by atoms with E-state index in [1.165, 1.54) is 16.7 Å². The zero-order valence-electron chi connectivity index (χ0n) is 12.1. The molecule has 3 rings (SSSR count). The summed E-state index contributed by atoms with van der Waals surface area (Å²) in [5.41, 5.74) is 2.09. The van der Waals surface area contributed by atoms with Gasteiger partial charge in [0.15, 0.2) is 0 Å². The minimum atomic E-state index is -0.176. The standard InChI is InChI=1S/C15H13BrN2O2S2/c1-3-17-10-6-5-8(16)7-9(10)11(13(17)19)12-14(20)18(4-2)15(21)22-12/h5-7H,3-4H2,1-2H3/b12-11-. The second kappa shape index (κ2) is 5.79. The first kappa shape index (κ1) is 15.7. The number of likely N-dealkylation sites (N-methyl/N-ethyl adjacent to an activating group) is 2. The quantitative estimate of drug-likeness (QED) is 0.567. The minimum absolute atomic E-state index is 0.132. The number of benzene rings is 1. The predicted octanol–water partition coefficient (Wildman–Crippen LogP) is 3.41. The summed E-state index contributed by atoms with van der Waals surface area (Å²) in [7, 11) is 0. The van der Waals surface area contributed by atoms with Crippen LogP contribution in [-0.4, -0.2) is 34.1 Å². The van der Waals surface area contributed by atoms with E-state index in [1.807, 2.05) is 32.0 Å². The molecule has 2 heterocycles. The predicted molar refractivity (Wildman–Crippen MR) is 96.7 cm³/mol. The number of carbonyl (C=O) groups excluding carboxylic acids is 2. The number of anilines is 1. The van der Waals surface area contributed by atoms with Gasteiger partial charge in [0, 0.05) is 23.1 Å². The van der Waals surface area contributed by atoms with Crippen molar-refractivity contribution in [3.05, 3.63) is 33.1 Å². The van der Waals surface area contributed by atoms with E-state index in [1.54, 1.807) is 4.90 Å². The monoisotopic (exact) mass is 396 g/mol. The van der Waals surface area contributed by atoms with Crippen molar-refractivity contribution in [3.63, 3.8) is 0 Å². The van der Waals surface area contributed by atoms with Crippen LogP contribution in [0.1, 0.15) is 19.4 Å². The Balaban J connectivity index is 2.22. The molecule has 2 aliphatic rings. The number of thiocarbonyl (C=S) groups is 1. The summed E-state index contributed by atoms with van der Waals surface area (Å²) in [6.45, 7) is 4.87. The van der Waals surface area contributed by atoms with Gasteiger partial charge in [0.1, 0.15) is 4.32 Å². The molecular formula is C15H13BrN2O2S2. The van der Waals surface area contributed by atoms with Gasteiger partial charge in [-0.05, 0) is 32.0 Å². The van der Waals surface area contributed by atoms with E-state index < -0.39 is 0 Å². The number of hydrogen-bond donors (Lipinski definition) is 0. The van der Waals surface area contributed by atoms with Crippen molar-refractivity contribution < 1.29 is 9.59 Å². The molecule has 22 heavy (non-hydrogen) atoms. The van der Waals surface area contributed by atoms with Crippen LogP contribution in [0.4, 0.5) is 5.69 Å². The highest BCUT2D eigenvalue weighted by molar-refractivity contribution is 9.10. The van der Waals surface area contributed by atoms with Crippen molar-refractivity contribution in [1.82, 2.24) is 4.90 Å². The van der Waals surface area contributed by atoms with Crippen LogP contribution in [-0.2, 0) is 9.59 Å². The first-order valence-electron chi connectivity index (χ1n) is 6.89. The van der Waals surface area contributed by atoms with Crippen LogP contribution < -0.4 is 4.90 Å². The lowest BCUT2D eigenvalue weighted by Gasteiger charge is -2.13. The maximum Gasteiger partial charge on any atom is 0.266 e. The molecule has 2 amide bonds. The molecule has 0 radical (unpaired) electrons. The molecule has 1 fully saturated rings. The van der Waals surface area contributed by atoms with Crippen molar-refractivity contribution in [3.8, 4) is 0 Å². The number of carbonyl (C=O) groups is 2. The molecule has 1 aromatic carbocycles. The van der Waals surface area contributed by atoms with E-state index >= 15 is 0 Å². The molecule has 0 aromatic heterocycles. The van der Waals surface area contributed by atoms with Gasteiger partial charge in [0.25, 0.3) is 11.8 Å². The summed E-state index contributed by atoms with van der Waals surface area (Å²) >= 11 is 9.90. The number of thioether (sulfide) groups is 1. The van der Waals surface area contributed by atoms with Gasteiger partial charge in [-0.1, -0.05) is 39.9 Å². The largest absolute Gasteiger partial charge is 0.308 e. The van der Waals surface area contributed by atoms with Crippen molar-refractivity contribution in [1.29, 1.82) is 0 Å². The highest BCUT2D eigenvalue weighted by atomic mass is 79.9. The zero-order chi connectivity index (χ0) is 16.0. The lowest BCUT2D eigenvalue weighted by molar-refractivity contribution is -0.122. The Labute approximate surface area is 146 Å². The first-order valence-corrected chi connectivity index (χ1v) is 8.91. The summed E-state index contributed by atoms with van der Waals surface area (Å²) in [5, 5.41) is 0. The van der Waals surface area contributed by atoms with Gasteiger partial charge in [-0.15, -0.1) is 0 Å². The summed E-state index contributed by atoms with van der Waals surface area (Å²) in [4.78, 5) is 29.0. The van der Waals surface area contributed by atoms with Crippen molar-refractivity contribution in [2.45, 2.75) is 13.8 Å². The van der Waals surface area contributed by atoms with Crippen LogP contribution in [0.2, 0.25) is 0 Å². The van der Waals surface area contributed by atoms with Gasteiger partial charge in [0.05, 0.1) is 16.2 Å². The molecule has 0 unspecified atom stereocenters. The second-order valence-corrected chi connectivity index (χ2v) is 7.39. The van der Waals surface area contributed by atoms with E-state index in [0.29, 0.717) is 27.9 Å². The van der Waals surface area contributed by atoms with Crippen molar-refractivity contribution in [2.24, 2.45) is 0 Å². The Morgan fingerprint density at radius 3 is 2.41 bits per heavy atom. The molecule has 0 saturated carbocycles. The summed E-state index contributed by atoms with van der Waals surface area (Å²) in [6, 6.07) is 5.68. The van der Waals surface area contributed by atoms with E-state index in [9.17, 15) is 9.59 Å². The fourth-order valence-electron chi connectivity index (χ4n) is 2.66. The maximum absolute atomic E-state index is 12.8. The van der Waals surface area contributed by atoms with Crippen molar-refractivity contribution >= 4 is 67.3 Å². The van der Waals surface area contributed by atoms with Crippen LogP contribution in [0, 0.1) is 0 Å². The third-order valence-corrected chi connectivity index (χ3v) is 5.63. The number of fused-ring (bicyclic) bond motifs is 1. The Kier molecular flexibility index (Phi) is 4.13. The fraction of sp³-hybridized carbons (Fsp3) is 0.267. The zero-order valence-corrected chi connectivity index (χ0v) is 15.3. The van der Waals surface area contributed by atoms with Gasteiger partial charge in [-0.3, -0.25) is 14.5 Å². The molecule has 2 aliphatic heterocycles. The molecule has 0 N–H and O–H groups in total. The molecular weight excluding hydrogens is 384 g/mol. The second-order valence-electron chi connectivity index (χ2n) is 4.83. The van der Waals surface area contributed by atoms with Crippen LogP contribution in [0.5, 0.6) is 0 Å². The minimum Gasteiger partial charge on any atom is -0.308 e. The van der Waals surface area contributed by atoms with Crippen LogP contribution in [0.15, 0.2) is 27.6 Å². The first-order chi connectivity index (χ1) is 10.5.